The van der Waals surface area contributed by atoms with Crippen molar-refractivity contribution >= 4 is 15.8 Å². The highest BCUT2D eigenvalue weighted by molar-refractivity contribution is 7.89. The number of hydrogen-bond acceptors (Lipinski definition) is 4. The Morgan fingerprint density at radius 3 is 2.50 bits per heavy atom. The third-order valence-corrected chi connectivity index (χ3v) is 5.46. The van der Waals surface area contributed by atoms with Crippen molar-refractivity contribution in [2.45, 2.75) is 38.3 Å². The van der Waals surface area contributed by atoms with E-state index in [2.05, 4.69) is 0 Å². The lowest BCUT2D eigenvalue weighted by atomic mass is 9.98. The van der Waals surface area contributed by atoms with Gasteiger partial charge in [-0.1, -0.05) is 23.8 Å². The van der Waals surface area contributed by atoms with Gasteiger partial charge in [0.15, 0.2) is 0 Å². The first-order chi connectivity index (χ1) is 10.4. The summed E-state index contributed by atoms with van der Waals surface area (Å²) in [5.74, 6) is -0.297. The molecule has 5 nitrogen and oxygen atoms in total. The van der Waals surface area contributed by atoms with Gasteiger partial charge in [0, 0.05) is 25.1 Å². The van der Waals surface area contributed by atoms with Crippen LogP contribution in [-0.4, -0.2) is 31.3 Å². The Hall–Kier alpha value is -1.66. The summed E-state index contributed by atoms with van der Waals surface area (Å²) in [7, 11) is -3.69. The summed E-state index contributed by atoms with van der Waals surface area (Å²) < 4.78 is 32.3. The highest BCUT2D eigenvalue weighted by Crippen LogP contribution is 2.28. The summed E-state index contributed by atoms with van der Waals surface area (Å²) in [6.07, 6.45) is 2.76. The zero-order valence-corrected chi connectivity index (χ0v) is 13.8. The van der Waals surface area contributed by atoms with E-state index in [-0.39, 0.29) is 16.6 Å². The fraction of sp³-hybridized carbons (Fsp3) is 0.438. The smallest absolute Gasteiger partial charge is 0.265 e. The van der Waals surface area contributed by atoms with Gasteiger partial charge in [0.1, 0.15) is 12.0 Å². The predicted molar refractivity (Wildman–Crippen MR) is 83.5 cm³/mol. The molecule has 2 unspecified atom stereocenters. The van der Waals surface area contributed by atoms with E-state index >= 15 is 0 Å². The molecule has 0 aliphatic carbocycles. The highest BCUT2D eigenvalue weighted by atomic mass is 32.2. The molecule has 6 heteroatoms. The first kappa shape index (κ1) is 16.7. The van der Waals surface area contributed by atoms with E-state index in [0.29, 0.717) is 13.0 Å². The van der Waals surface area contributed by atoms with Gasteiger partial charge in [-0.2, -0.15) is 0 Å². The van der Waals surface area contributed by atoms with Crippen molar-refractivity contribution in [1.29, 1.82) is 0 Å². The van der Waals surface area contributed by atoms with Crippen LogP contribution in [0.3, 0.4) is 0 Å². The van der Waals surface area contributed by atoms with Gasteiger partial charge in [0.05, 0.1) is 4.90 Å². The monoisotopic (exact) mass is 323 g/mol. The normalized spacial score (nSPS) is 21.9. The van der Waals surface area contributed by atoms with E-state index in [0.717, 1.165) is 5.56 Å². The van der Waals surface area contributed by atoms with Gasteiger partial charge < -0.3 is 4.74 Å². The van der Waals surface area contributed by atoms with Gasteiger partial charge >= 0.3 is 0 Å². The molecule has 0 saturated heterocycles. The topological polar surface area (TPSA) is 63.7 Å². The van der Waals surface area contributed by atoms with Gasteiger partial charge in [-0.15, -0.1) is 0 Å². The van der Waals surface area contributed by atoms with Crippen molar-refractivity contribution in [1.82, 2.24) is 4.31 Å². The molecule has 0 bridgehead atoms. The number of ketones is 1. The number of allylic oxidation sites excluding steroid dienone is 1. The number of Topliss-reactive ketones (excluding diaryl/α,β-unsaturated/α-hetero) is 1. The van der Waals surface area contributed by atoms with Crippen LogP contribution in [-0.2, 0) is 19.6 Å². The number of hydrogen-bond donors (Lipinski definition) is 0. The average Bonchev–Trinajstić information content (AvgIpc) is 2.47. The Morgan fingerprint density at radius 1 is 1.32 bits per heavy atom. The number of carbonyl (C=O) groups excluding carboxylic acids is 1. The number of nitrogens with zero attached hydrogens (tertiary/aromatic N) is 1. The molecule has 1 heterocycles. The van der Waals surface area contributed by atoms with Gasteiger partial charge in [-0.3, -0.25) is 4.79 Å². The summed E-state index contributed by atoms with van der Waals surface area (Å²) in [6.45, 7) is 5.58. The Bertz CT molecular complexity index is 664. The highest BCUT2D eigenvalue weighted by Gasteiger charge is 2.34. The van der Waals surface area contributed by atoms with E-state index in [4.69, 9.17) is 4.74 Å². The maximum atomic E-state index is 12.8. The second-order valence-electron chi connectivity index (χ2n) is 5.35. The molecule has 0 radical (unpaired) electrons. The summed E-state index contributed by atoms with van der Waals surface area (Å²) in [5.41, 5.74) is 0.992. The van der Waals surface area contributed by atoms with Crippen molar-refractivity contribution < 1.29 is 17.9 Å². The first-order valence-corrected chi connectivity index (χ1v) is 8.71. The number of ether oxygens (including phenoxy) is 1. The SMILES string of the molecule is CCOC1CC(C(C)=O)C=CN1S(=O)(=O)c1ccc(C)cc1. The fourth-order valence-electron chi connectivity index (χ4n) is 2.39. The maximum Gasteiger partial charge on any atom is 0.265 e. The molecule has 0 amide bonds. The van der Waals surface area contributed by atoms with Crippen molar-refractivity contribution in [3.63, 3.8) is 0 Å². The lowest BCUT2D eigenvalue weighted by Gasteiger charge is -2.34. The van der Waals surface area contributed by atoms with Gasteiger partial charge in [0.2, 0.25) is 0 Å². The lowest BCUT2D eigenvalue weighted by Crippen LogP contribution is -2.42. The summed E-state index contributed by atoms with van der Waals surface area (Å²) >= 11 is 0. The third-order valence-electron chi connectivity index (χ3n) is 3.68. The molecule has 120 valence electrons. The first-order valence-electron chi connectivity index (χ1n) is 7.27. The minimum Gasteiger partial charge on any atom is -0.358 e. The predicted octanol–water partition coefficient (Wildman–Crippen LogP) is 2.47. The van der Waals surface area contributed by atoms with Crippen molar-refractivity contribution in [3.8, 4) is 0 Å². The summed E-state index contributed by atoms with van der Waals surface area (Å²) in [6, 6.07) is 6.68. The van der Waals surface area contributed by atoms with Crippen LogP contribution in [0.5, 0.6) is 0 Å². The van der Waals surface area contributed by atoms with Crippen LogP contribution in [0.15, 0.2) is 41.4 Å². The minimum atomic E-state index is -3.69. The zero-order chi connectivity index (χ0) is 16.3. The van der Waals surface area contributed by atoms with Crippen LogP contribution in [0.4, 0.5) is 0 Å². The van der Waals surface area contributed by atoms with Gasteiger partial charge in [0.25, 0.3) is 10.0 Å². The molecule has 0 N–H and O–H groups in total. The van der Waals surface area contributed by atoms with Crippen LogP contribution >= 0.6 is 0 Å². The number of aryl methyl sites for hydroxylation is 1. The molecule has 1 aromatic rings. The van der Waals surface area contributed by atoms with E-state index < -0.39 is 16.3 Å². The van der Waals surface area contributed by atoms with E-state index in [9.17, 15) is 13.2 Å². The quantitative estimate of drug-likeness (QED) is 0.835. The van der Waals surface area contributed by atoms with Crippen LogP contribution in [0.1, 0.15) is 25.8 Å². The number of rotatable bonds is 5. The van der Waals surface area contributed by atoms with E-state index in [1.54, 1.807) is 37.3 Å². The van der Waals surface area contributed by atoms with Crippen molar-refractivity contribution in [2.75, 3.05) is 6.61 Å². The van der Waals surface area contributed by atoms with Crippen LogP contribution < -0.4 is 0 Å². The molecule has 0 aromatic heterocycles. The Kier molecular flexibility index (Phi) is 5.03. The molecule has 1 aromatic carbocycles. The number of carbonyl (C=O) groups is 1. The minimum absolute atomic E-state index is 0.00772. The van der Waals surface area contributed by atoms with E-state index in [1.165, 1.54) is 17.4 Å². The molecule has 2 rings (SSSR count). The average molecular weight is 323 g/mol. The molecular formula is C16H21NO4S. The van der Waals surface area contributed by atoms with Crippen molar-refractivity contribution in [2.24, 2.45) is 5.92 Å². The second kappa shape index (κ2) is 6.62. The maximum absolute atomic E-state index is 12.8. The second-order valence-corrected chi connectivity index (χ2v) is 7.20. The molecule has 0 spiro atoms. The lowest BCUT2D eigenvalue weighted by molar-refractivity contribution is -0.121. The fourth-order valence-corrected chi connectivity index (χ4v) is 3.80. The third kappa shape index (κ3) is 3.39. The molecule has 0 saturated carbocycles. The molecule has 1 aliphatic heterocycles. The van der Waals surface area contributed by atoms with Gasteiger partial charge in [-0.05, 0) is 32.9 Å². The number of sulfonamides is 1. The standard InChI is InChI=1S/C16H21NO4S/c1-4-21-16-11-14(13(3)18)9-10-17(16)22(19,20)15-7-5-12(2)6-8-15/h5-10,14,16H,4,11H2,1-3H3. The molecule has 2 atom stereocenters. The molecule has 1 aliphatic rings. The zero-order valence-electron chi connectivity index (χ0n) is 13.0. The Balaban J connectivity index is 2.37. The Morgan fingerprint density at radius 2 is 1.95 bits per heavy atom. The van der Waals surface area contributed by atoms with Gasteiger partial charge in [-0.25, -0.2) is 12.7 Å². The summed E-state index contributed by atoms with van der Waals surface area (Å²) in [4.78, 5) is 11.8. The Labute approximate surface area is 131 Å². The largest absolute Gasteiger partial charge is 0.358 e. The van der Waals surface area contributed by atoms with E-state index in [1.807, 2.05) is 6.92 Å². The van der Waals surface area contributed by atoms with Crippen LogP contribution in [0.25, 0.3) is 0 Å². The van der Waals surface area contributed by atoms with Crippen LogP contribution in [0.2, 0.25) is 0 Å². The molecule has 0 fully saturated rings. The number of benzene rings is 1. The summed E-state index contributed by atoms with van der Waals surface area (Å²) in [5, 5.41) is 0. The van der Waals surface area contributed by atoms with Crippen LogP contribution in [0, 0.1) is 12.8 Å². The molecule has 22 heavy (non-hydrogen) atoms. The van der Waals surface area contributed by atoms with Crippen molar-refractivity contribution in [3.05, 3.63) is 42.1 Å². The molecular weight excluding hydrogens is 302 g/mol.